The van der Waals surface area contributed by atoms with Gasteiger partial charge in [-0.25, -0.2) is 0 Å². The Balaban J connectivity index is 2.42. The van der Waals surface area contributed by atoms with E-state index < -0.39 is 0 Å². The molecule has 0 aromatic carbocycles. The fourth-order valence-electron chi connectivity index (χ4n) is 1.28. The molecule has 1 heterocycles. The van der Waals surface area contributed by atoms with Crippen molar-refractivity contribution in [1.29, 1.82) is 0 Å². The number of anilines is 1. The summed E-state index contributed by atoms with van der Waals surface area (Å²) in [5, 5.41) is 3.91. The van der Waals surface area contributed by atoms with Gasteiger partial charge in [-0.1, -0.05) is 13.8 Å². The number of rotatable bonds is 5. The lowest BCUT2D eigenvalue weighted by Crippen LogP contribution is -2.20. The van der Waals surface area contributed by atoms with E-state index in [1.54, 1.807) is 6.20 Å². The van der Waals surface area contributed by atoms with Gasteiger partial charge in [-0.2, -0.15) is 5.10 Å². The SMILES string of the molecule is CCC(CC)OC(=O)Cn1cc(N)cn1. The van der Waals surface area contributed by atoms with Gasteiger partial charge in [0.1, 0.15) is 12.6 Å². The minimum absolute atomic E-state index is 0.00501. The molecular weight excluding hydrogens is 194 g/mol. The summed E-state index contributed by atoms with van der Waals surface area (Å²) >= 11 is 0. The van der Waals surface area contributed by atoms with Crippen molar-refractivity contribution < 1.29 is 9.53 Å². The van der Waals surface area contributed by atoms with E-state index in [2.05, 4.69) is 5.10 Å². The van der Waals surface area contributed by atoms with E-state index in [4.69, 9.17) is 10.5 Å². The summed E-state index contributed by atoms with van der Waals surface area (Å²) in [5.41, 5.74) is 6.02. The molecular formula is C10H17N3O2. The summed E-state index contributed by atoms with van der Waals surface area (Å²) in [7, 11) is 0. The number of nitrogen functional groups attached to an aromatic ring is 1. The Bertz CT molecular complexity index is 318. The molecule has 2 N–H and O–H groups in total. The number of hydrogen-bond donors (Lipinski definition) is 1. The molecule has 0 fully saturated rings. The van der Waals surface area contributed by atoms with Crippen LogP contribution in [0.4, 0.5) is 5.69 Å². The molecule has 5 heteroatoms. The minimum Gasteiger partial charge on any atom is -0.461 e. The Kier molecular flexibility index (Phi) is 4.15. The van der Waals surface area contributed by atoms with Crippen LogP contribution in [0.5, 0.6) is 0 Å². The molecule has 0 radical (unpaired) electrons. The van der Waals surface area contributed by atoms with Crippen LogP contribution in [0.3, 0.4) is 0 Å². The molecule has 1 aromatic heterocycles. The minimum atomic E-state index is -0.271. The van der Waals surface area contributed by atoms with Crippen molar-refractivity contribution in [1.82, 2.24) is 9.78 Å². The zero-order chi connectivity index (χ0) is 11.3. The molecule has 0 saturated heterocycles. The van der Waals surface area contributed by atoms with Crippen LogP contribution in [-0.2, 0) is 16.1 Å². The average molecular weight is 211 g/mol. The van der Waals surface area contributed by atoms with Gasteiger partial charge in [0, 0.05) is 6.20 Å². The predicted molar refractivity (Wildman–Crippen MR) is 57.1 cm³/mol. The van der Waals surface area contributed by atoms with E-state index in [0.29, 0.717) is 5.69 Å². The molecule has 0 aliphatic carbocycles. The molecule has 0 atom stereocenters. The first-order valence-corrected chi connectivity index (χ1v) is 5.13. The fourth-order valence-corrected chi connectivity index (χ4v) is 1.28. The Hall–Kier alpha value is -1.52. The Labute approximate surface area is 89.2 Å². The van der Waals surface area contributed by atoms with Crippen molar-refractivity contribution in [2.45, 2.75) is 39.3 Å². The van der Waals surface area contributed by atoms with Crippen LogP contribution in [0, 0.1) is 0 Å². The molecule has 0 amide bonds. The molecule has 84 valence electrons. The van der Waals surface area contributed by atoms with Gasteiger partial charge >= 0.3 is 5.97 Å². The predicted octanol–water partition coefficient (Wildman–Crippen LogP) is 1.20. The van der Waals surface area contributed by atoms with Crippen LogP contribution in [0.2, 0.25) is 0 Å². The van der Waals surface area contributed by atoms with E-state index in [0.717, 1.165) is 12.8 Å². The topological polar surface area (TPSA) is 70.1 Å². The molecule has 0 unspecified atom stereocenters. The number of esters is 1. The largest absolute Gasteiger partial charge is 0.461 e. The van der Waals surface area contributed by atoms with E-state index in [1.807, 2.05) is 13.8 Å². The second kappa shape index (κ2) is 5.38. The molecule has 0 aliphatic rings. The summed E-state index contributed by atoms with van der Waals surface area (Å²) in [5.74, 6) is -0.271. The van der Waals surface area contributed by atoms with Crippen molar-refractivity contribution in [3.63, 3.8) is 0 Å². The lowest BCUT2D eigenvalue weighted by atomic mass is 10.2. The van der Waals surface area contributed by atoms with Crippen molar-refractivity contribution in [3.05, 3.63) is 12.4 Å². The van der Waals surface area contributed by atoms with Crippen LogP contribution in [0.25, 0.3) is 0 Å². The van der Waals surface area contributed by atoms with Gasteiger partial charge < -0.3 is 10.5 Å². The highest BCUT2D eigenvalue weighted by Gasteiger charge is 2.11. The normalized spacial score (nSPS) is 10.6. The number of nitrogens with zero attached hydrogens (tertiary/aromatic N) is 2. The Morgan fingerprint density at radius 2 is 2.27 bits per heavy atom. The Morgan fingerprint density at radius 3 is 2.73 bits per heavy atom. The molecule has 0 spiro atoms. The molecule has 5 nitrogen and oxygen atoms in total. The van der Waals surface area contributed by atoms with E-state index >= 15 is 0 Å². The summed E-state index contributed by atoms with van der Waals surface area (Å²) in [4.78, 5) is 11.4. The first kappa shape index (κ1) is 11.6. The van der Waals surface area contributed by atoms with Gasteiger partial charge in [0.15, 0.2) is 0 Å². The van der Waals surface area contributed by atoms with Gasteiger partial charge in [0.25, 0.3) is 0 Å². The maximum Gasteiger partial charge on any atom is 0.328 e. The lowest BCUT2D eigenvalue weighted by molar-refractivity contribution is -0.150. The summed E-state index contributed by atoms with van der Waals surface area (Å²) in [6.45, 7) is 4.11. The van der Waals surface area contributed by atoms with E-state index in [-0.39, 0.29) is 18.6 Å². The highest BCUT2D eigenvalue weighted by molar-refractivity contribution is 5.69. The molecule has 1 aromatic rings. The monoisotopic (exact) mass is 211 g/mol. The third-order valence-corrected chi connectivity index (χ3v) is 2.15. The van der Waals surface area contributed by atoms with Crippen molar-refractivity contribution >= 4 is 11.7 Å². The van der Waals surface area contributed by atoms with Gasteiger partial charge in [0.05, 0.1) is 11.9 Å². The second-order valence-electron chi connectivity index (χ2n) is 3.40. The highest BCUT2D eigenvalue weighted by atomic mass is 16.5. The highest BCUT2D eigenvalue weighted by Crippen LogP contribution is 2.04. The number of carbonyl (C=O) groups is 1. The third kappa shape index (κ3) is 3.61. The zero-order valence-electron chi connectivity index (χ0n) is 9.14. The summed E-state index contributed by atoms with van der Waals surface area (Å²) in [6.07, 6.45) is 4.79. The van der Waals surface area contributed by atoms with Gasteiger partial charge in [-0.05, 0) is 12.8 Å². The maximum atomic E-state index is 11.4. The summed E-state index contributed by atoms with van der Waals surface area (Å²) in [6, 6.07) is 0. The standard InChI is InChI=1S/C10H17N3O2/c1-3-9(4-2)15-10(14)7-13-6-8(11)5-12-13/h5-6,9H,3-4,7,11H2,1-2H3. The van der Waals surface area contributed by atoms with Crippen LogP contribution in [-0.4, -0.2) is 21.9 Å². The van der Waals surface area contributed by atoms with Gasteiger partial charge in [-0.15, -0.1) is 0 Å². The quantitative estimate of drug-likeness (QED) is 0.743. The van der Waals surface area contributed by atoms with Crippen molar-refractivity contribution in [2.75, 3.05) is 5.73 Å². The van der Waals surface area contributed by atoms with Gasteiger partial charge in [-0.3, -0.25) is 9.48 Å². The van der Waals surface area contributed by atoms with Crippen LogP contribution >= 0.6 is 0 Å². The van der Waals surface area contributed by atoms with Crippen LogP contribution in [0.15, 0.2) is 12.4 Å². The number of ether oxygens (including phenoxy) is 1. The lowest BCUT2D eigenvalue weighted by Gasteiger charge is -2.13. The van der Waals surface area contributed by atoms with Crippen molar-refractivity contribution in [3.8, 4) is 0 Å². The number of carbonyl (C=O) groups excluding carboxylic acids is 1. The molecule has 0 saturated carbocycles. The van der Waals surface area contributed by atoms with Gasteiger partial charge in [0.2, 0.25) is 0 Å². The zero-order valence-corrected chi connectivity index (χ0v) is 9.14. The third-order valence-electron chi connectivity index (χ3n) is 2.15. The smallest absolute Gasteiger partial charge is 0.328 e. The molecule has 1 rings (SSSR count). The Morgan fingerprint density at radius 1 is 1.60 bits per heavy atom. The molecule has 15 heavy (non-hydrogen) atoms. The number of aromatic nitrogens is 2. The molecule has 0 bridgehead atoms. The second-order valence-corrected chi connectivity index (χ2v) is 3.40. The van der Waals surface area contributed by atoms with E-state index in [1.165, 1.54) is 10.9 Å². The maximum absolute atomic E-state index is 11.4. The number of nitrogens with two attached hydrogens (primary N) is 1. The number of hydrogen-bond acceptors (Lipinski definition) is 4. The fraction of sp³-hybridized carbons (Fsp3) is 0.600. The van der Waals surface area contributed by atoms with Crippen LogP contribution in [0.1, 0.15) is 26.7 Å². The van der Waals surface area contributed by atoms with E-state index in [9.17, 15) is 4.79 Å². The average Bonchev–Trinajstić information content (AvgIpc) is 2.60. The van der Waals surface area contributed by atoms with Crippen molar-refractivity contribution in [2.24, 2.45) is 0 Å². The molecule has 0 aliphatic heterocycles. The first-order chi connectivity index (χ1) is 7.15. The summed E-state index contributed by atoms with van der Waals surface area (Å²) < 4.78 is 6.69. The van der Waals surface area contributed by atoms with Crippen LogP contribution < -0.4 is 5.73 Å². The first-order valence-electron chi connectivity index (χ1n) is 5.13.